The first-order valence-corrected chi connectivity index (χ1v) is 11.9. The summed E-state index contributed by atoms with van der Waals surface area (Å²) in [5, 5.41) is 2.65. The number of alkyl carbamates (subject to hydrolysis) is 1. The number of nitrogens with zero attached hydrogens (tertiary/aromatic N) is 1. The van der Waals surface area contributed by atoms with Crippen LogP contribution in [0.3, 0.4) is 0 Å². The minimum absolute atomic E-state index is 0.124. The quantitative estimate of drug-likeness (QED) is 0.433. The van der Waals surface area contributed by atoms with Crippen LogP contribution in [0.25, 0.3) is 11.1 Å². The third kappa shape index (κ3) is 7.63. The average molecular weight is 499 g/mol. The minimum Gasteiger partial charge on any atom is -0.492 e. The molecule has 3 rings (SSSR count). The Balaban J connectivity index is 1.64. The fourth-order valence-corrected chi connectivity index (χ4v) is 3.70. The summed E-state index contributed by atoms with van der Waals surface area (Å²) in [6, 6.07) is 13.0. The standard InChI is InChI=1S/C27H34N2O7/c1-18-17-29(14-12-24(30)33-5)25(31)22-16-20(8-11-23(22)35-18)19-6-9-21(10-7-19)34-15-13-28-26(32)36-27(2,3)4/h6-11,16,18H,12-15,17H2,1-5H3,(H,28,32). The van der Waals surface area contributed by atoms with Gasteiger partial charge in [-0.05, 0) is 63.1 Å². The lowest BCUT2D eigenvalue weighted by atomic mass is 10.0. The van der Waals surface area contributed by atoms with E-state index in [2.05, 4.69) is 5.32 Å². The van der Waals surface area contributed by atoms with Crippen molar-refractivity contribution in [3.63, 3.8) is 0 Å². The number of carbonyl (C=O) groups is 3. The zero-order chi connectivity index (χ0) is 26.3. The van der Waals surface area contributed by atoms with Crippen LogP contribution >= 0.6 is 0 Å². The van der Waals surface area contributed by atoms with Crippen LogP contribution in [0.1, 0.15) is 44.5 Å². The van der Waals surface area contributed by atoms with Gasteiger partial charge in [0, 0.05) is 6.54 Å². The minimum atomic E-state index is -0.549. The number of carbonyl (C=O) groups excluding carboxylic acids is 3. The van der Waals surface area contributed by atoms with Crippen LogP contribution in [0.15, 0.2) is 42.5 Å². The van der Waals surface area contributed by atoms with E-state index in [0.29, 0.717) is 36.8 Å². The molecule has 1 N–H and O–H groups in total. The summed E-state index contributed by atoms with van der Waals surface area (Å²) >= 11 is 0. The zero-order valence-electron chi connectivity index (χ0n) is 21.5. The molecule has 1 aliphatic rings. The summed E-state index contributed by atoms with van der Waals surface area (Å²) in [7, 11) is 1.33. The van der Waals surface area contributed by atoms with Crippen LogP contribution in [0.2, 0.25) is 0 Å². The summed E-state index contributed by atoms with van der Waals surface area (Å²) < 4.78 is 21.6. The van der Waals surface area contributed by atoms with Gasteiger partial charge in [-0.25, -0.2) is 4.79 Å². The van der Waals surface area contributed by atoms with Gasteiger partial charge in [-0.2, -0.15) is 0 Å². The molecule has 0 bridgehead atoms. The largest absolute Gasteiger partial charge is 0.492 e. The summed E-state index contributed by atoms with van der Waals surface area (Å²) in [5.74, 6) is 0.631. The summed E-state index contributed by atoms with van der Waals surface area (Å²) in [6.45, 7) is 8.56. The van der Waals surface area contributed by atoms with Crippen molar-refractivity contribution >= 4 is 18.0 Å². The maximum Gasteiger partial charge on any atom is 0.407 e. The molecule has 1 atom stereocenters. The Morgan fingerprint density at radius 2 is 1.81 bits per heavy atom. The molecule has 0 aliphatic carbocycles. The van der Waals surface area contributed by atoms with Crippen LogP contribution in [-0.4, -0.2) is 67.9 Å². The summed E-state index contributed by atoms with van der Waals surface area (Å²) in [5.41, 5.74) is 1.66. The van der Waals surface area contributed by atoms with Crippen molar-refractivity contribution in [3.8, 4) is 22.6 Å². The van der Waals surface area contributed by atoms with Gasteiger partial charge in [0.15, 0.2) is 0 Å². The van der Waals surface area contributed by atoms with Gasteiger partial charge in [-0.3, -0.25) is 9.59 Å². The van der Waals surface area contributed by atoms with E-state index in [1.807, 2.05) is 43.3 Å². The molecule has 1 heterocycles. The Bertz CT molecular complexity index is 1080. The number of esters is 1. The third-order valence-electron chi connectivity index (χ3n) is 5.34. The maximum absolute atomic E-state index is 13.2. The lowest BCUT2D eigenvalue weighted by molar-refractivity contribution is -0.140. The smallest absolute Gasteiger partial charge is 0.407 e. The van der Waals surface area contributed by atoms with Crippen LogP contribution in [0.5, 0.6) is 11.5 Å². The lowest BCUT2D eigenvalue weighted by Gasteiger charge is -2.21. The van der Waals surface area contributed by atoms with Crippen molar-refractivity contribution in [1.82, 2.24) is 10.2 Å². The number of rotatable bonds is 8. The molecule has 0 radical (unpaired) electrons. The molecule has 0 spiro atoms. The van der Waals surface area contributed by atoms with E-state index in [9.17, 15) is 14.4 Å². The Morgan fingerprint density at radius 1 is 1.11 bits per heavy atom. The maximum atomic E-state index is 13.2. The Kier molecular flexibility index (Phi) is 8.79. The highest BCUT2D eigenvalue weighted by molar-refractivity contribution is 5.98. The monoisotopic (exact) mass is 498 g/mol. The molecule has 36 heavy (non-hydrogen) atoms. The molecule has 194 valence electrons. The molecule has 0 fully saturated rings. The van der Waals surface area contributed by atoms with Crippen LogP contribution in [0.4, 0.5) is 4.79 Å². The highest BCUT2D eigenvalue weighted by atomic mass is 16.6. The van der Waals surface area contributed by atoms with E-state index < -0.39 is 11.7 Å². The van der Waals surface area contributed by atoms with E-state index in [0.717, 1.165) is 11.1 Å². The van der Waals surface area contributed by atoms with Crippen molar-refractivity contribution < 1.29 is 33.3 Å². The van der Waals surface area contributed by atoms with Gasteiger partial charge in [0.05, 0.1) is 32.2 Å². The van der Waals surface area contributed by atoms with Gasteiger partial charge in [-0.1, -0.05) is 18.2 Å². The predicted octanol–water partition coefficient (Wildman–Crippen LogP) is 4.04. The molecular weight excluding hydrogens is 464 g/mol. The molecule has 9 nitrogen and oxygen atoms in total. The van der Waals surface area contributed by atoms with Gasteiger partial charge in [0.2, 0.25) is 0 Å². The van der Waals surface area contributed by atoms with Gasteiger partial charge in [-0.15, -0.1) is 0 Å². The first-order valence-electron chi connectivity index (χ1n) is 11.9. The fraction of sp³-hybridized carbons (Fsp3) is 0.444. The molecule has 0 saturated heterocycles. The second kappa shape index (κ2) is 11.8. The normalized spacial score (nSPS) is 15.3. The second-order valence-corrected chi connectivity index (χ2v) is 9.52. The van der Waals surface area contributed by atoms with Crippen molar-refractivity contribution in [2.24, 2.45) is 0 Å². The van der Waals surface area contributed by atoms with Gasteiger partial charge < -0.3 is 29.2 Å². The highest BCUT2D eigenvalue weighted by Crippen LogP contribution is 2.31. The number of benzene rings is 2. The number of methoxy groups -OCH3 is 1. The molecule has 2 aromatic carbocycles. The first kappa shape index (κ1) is 26.8. The van der Waals surface area contributed by atoms with E-state index in [1.54, 1.807) is 31.7 Å². The Morgan fingerprint density at radius 3 is 2.47 bits per heavy atom. The number of hydrogen-bond donors (Lipinski definition) is 1. The van der Waals surface area contributed by atoms with Crippen molar-refractivity contribution in [3.05, 3.63) is 48.0 Å². The number of nitrogens with one attached hydrogen (secondary N) is 1. The fourth-order valence-electron chi connectivity index (χ4n) is 3.70. The van der Waals surface area contributed by atoms with E-state index in [1.165, 1.54) is 7.11 Å². The van der Waals surface area contributed by atoms with Crippen molar-refractivity contribution in [2.75, 3.05) is 33.4 Å². The van der Waals surface area contributed by atoms with E-state index in [-0.39, 0.29) is 30.9 Å². The van der Waals surface area contributed by atoms with Gasteiger partial charge in [0.25, 0.3) is 5.91 Å². The topological polar surface area (TPSA) is 103 Å². The van der Waals surface area contributed by atoms with E-state index >= 15 is 0 Å². The Labute approximate surface area is 211 Å². The number of ether oxygens (including phenoxy) is 4. The van der Waals surface area contributed by atoms with Crippen molar-refractivity contribution in [2.45, 2.75) is 45.8 Å². The number of amides is 2. The lowest BCUT2D eigenvalue weighted by Crippen LogP contribution is -2.37. The highest BCUT2D eigenvalue weighted by Gasteiger charge is 2.27. The van der Waals surface area contributed by atoms with Crippen LogP contribution < -0.4 is 14.8 Å². The zero-order valence-corrected chi connectivity index (χ0v) is 21.5. The molecule has 2 aromatic rings. The second-order valence-electron chi connectivity index (χ2n) is 9.52. The molecule has 0 aromatic heterocycles. The SMILES string of the molecule is COC(=O)CCN1CC(C)Oc2ccc(-c3ccc(OCCNC(=O)OC(C)(C)C)cc3)cc2C1=O. The molecule has 9 heteroatoms. The molecule has 1 unspecified atom stereocenters. The number of fused-ring (bicyclic) bond motifs is 1. The Hall–Kier alpha value is -3.75. The molecule has 0 saturated carbocycles. The summed E-state index contributed by atoms with van der Waals surface area (Å²) in [6.07, 6.45) is -0.569. The molecule has 1 aliphatic heterocycles. The average Bonchev–Trinajstić information content (AvgIpc) is 2.94. The van der Waals surface area contributed by atoms with Gasteiger partial charge >= 0.3 is 12.1 Å². The molecular formula is C27H34N2O7. The number of hydrogen-bond acceptors (Lipinski definition) is 7. The van der Waals surface area contributed by atoms with Gasteiger partial charge in [0.1, 0.15) is 29.8 Å². The first-order chi connectivity index (χ1) is 17.1. The molecule has 2 amide bonds. The summed E-state index contributed by atoms with van der Waals surface area (Å²) in [4.78, 5) is 38.1. The third-order valence-corrected chi connectivity index (χ3v) is 5.34. The van der Waals surface area contributed by atoms with Crippen molar-refractivity contribution in [1.29, 1.82) is 0 Å². The van der Waals surface area contributed by atoms with Crippen LogP contribution in [0, 0.1) is 0 Å². The van der Waals surface area contributed by atoms with E-state index in [4.69, 9.17) is 18.9 Å². The predicted molar refractivity (Wildman–Crippen MR) is 134 cm³/mol. The van der Waals surface area contributed by atoms with Crippen LogP contribution in [-0.2, 0) is 14.3 Å².